The molecule has 0 bridgehead atoms. The van der Waals surface area contributed by atoms with Crippen LogP contribution in [0.4, 0.5) is 5.69 Å². The molecule has 4 aromatic rings. The average Bonchev–Trinajstić information content (AvgIpc) is 3.13. The first-order chi connectivity index (χ1) is 13.2. The molecule has 5 nitrogen and oxygen atoms in total. The topological polar surface area (TPSA) is 64.4 Å². The first-order valence-corrected chi connectivity index (χ1v) is 8.67. The molecule has 134 valence electrons. The summed E-state index contributed by atoms with van der Waals surface area (Å²) in [6, 6.07) is 24.3. The molecule has 4 rings (SSSR count). The van der Waals surface area contributed by atoms with E-state index in [1.54, 1.807) is 6.92 Å². The van der Waals surface area contributed by atoms with Crippen LogP contribution >= 0.6 is 0 Å². The summed E-state index contributed by atoms with van der Waals surface area (Å²) in [5.74, 6) is 0.940. The lowest BCUT2D eigenvalue weighted by Crippen LogP contribution is -2.30. The molecule has 1 aromatic heterocycles. The Morgan fingerprint density at radius 1 is 1.00 bits per heavy atom. The van der Waals surface area contributed by atoms with Crippen molar-refractivity contribution in [3.05, 3.63) is 78.9 Å². The molecule has 1 unspecified atom stereocenters. The van der Waals surface area contributed by atoms with Gasteiger partial charge >= 0.3 is 0 Å². The van der Waals surface area contributed by atoms with Crippen LogP contribution in [0, 0.1) is 0 Å². The van der Waals surface area contributed by atoms with Crippen molar-refractivity contribution in [3.8, 4) is 17.2 Å². The zero-order chi connectivity index (χ0) is 18.6. The monoisotopic (exact) mass is 358 g/mol. The molecular weight excluding hydrogens is 340 g/mol. The molecule has 0 aliphatic heterocycles. The molecule has 0 saturated carbocycles. The number of benzene rings is 3. The number of aromatic nitrogens is 1. The quantitative estimate of drug-likeness (QED) is 0.551. The molecule has 0 spiro atoms. The summed E-state index contributed by atoms with van der Waals surface area (Å²) in [7, 11) is 0. The van der Waals surface area contributed by atoms with Crippen LogP contribution in [0.3, 0.4) is 0 Å². The molecule has 1 amide bonds. The van der Waals surface area contributed by atoms with Crippen molar-refractivity contribution >= 4 is 22.7 Å². The maximum absolute atomic E-state index is 12.4. The van der Waals surface area contributed by atoms with Gasteiger partial charge < -0.3 is 14.5 Å². The number of nitrogens with zero attached hydrogens (tertiary/aromatic N) is 1. The number of rotatable bonds is 5. The van der Waals surface area contributed by atoms with Crippen molar-refractivity contribution in [2.24, 2.45) is 0 Å². The van der Waals surface area contributed by atoms with Gasteiger partial charge in [-0.05, 0) is 49.4 Å². The van der Waals surface area contributed by atoms with Gasteiger partial charge in [-0.1, -0.05) is 36.4 Å². The Kier molecular flexibility index (Phi) is 4.58. The summed E-state index contributed by atoms with van der Waals surface area (Å²) in [5.41, 5.74) is 2.97. The van der Waals surface area contributed by atoms with Crippen molar-refractivity contribution in [1.29, 1.82) is 0 Å². The third-order valence-corrected chi connectivity index (χ3v) is 4.10. The zero-order valence-corrected chi connectivity index (χ0v) is 14.8. The van der Waals surface area contributed by atoms with Gasteiger partial charge in [0.05, 0.1) is 0 Å². The van der Waals surface area contributed by atoms with Crippen LogP contribution in [-0.4, -0.2) is 17.0 Å². The second-order valence-corrected chi connectivity index (χ2v) is 6.13. The number of fused-ring (bicyclic) bond motifs is 1. The molecule has 0 aliphatic carbocycles. The minimum Gasteiger partial charge on any atom is -0.481 e. The molecule has 0 radical (unpaired) electrons. The molecular formula is C22H18N2O3. The van der Waals surface area contributed by atoms with E-state index in [9.17, 15) is 4.79 Å². The average molecular weight is 358 g/mol. The highest BCUT2D eigenvalue weighted by atomic mass is 16.5. The van der Waals surface area contributed by atoms with Gasteiger partial charge in [-0.2, -0.15) is 0 Å². The summed E-state index contributed by atoms with van der Waals surface area (Å²) in [6.07, 6.45) is -0.625. The largest absolute Gasteiger partial charge is 0.481 e. The van der Waals surface area contributed by atoms with Gasteiger partial charge in [-0.15, -0.1) is 0 Å². The molecule has 1 heterocycles. The Hall–Kier alpha value is -3.60. The second-order valence-electron chi connectivity index (χ2n) is 6.13. The van der Waals surface area contributed by atoms with Crippen LogP contribution in [0.5, 0.6) is 5.75 Å². The van der Waals surface area contributed by atoms with Crippen LogP contribution in [-0.2, 0) is 4.79 Å². The van der Waals surface area contributed by atoms with Crippen molar-refractivity contribution in [2.75, 3.05) is 5.32 Å². The molecule has 27 heavy (non-hydrogen) atoms. The minimum atomic E-state index is -0.625. The third-order valence-electron chi connectivity index (χ3n) is 4.10. The number of para-hydroxylation sites is 3. The number of hydrogen-bond donors (Lipinski definition) is 1. The normalized spacial score (nSPS) is 11.9. The number of hydrogen-bond acceptors (Lipinski definition) is 4. The van der Waals surface area contributed by atoms with Gasteiger partial charge in [0.1, 0.15) is 11.3 Å². The van der Waals surface area contributed by atoms with E-state index in [1.807, 2.05) is 78.9 Å². The fourth-order valence-electron chi connectivity index (χ4n) is 2.73. The number of nitrogens with one attached hydrogen (secondary N) is 1. The van der Waals surface area contributed by atoms with E-state index in [4.69, 9.17) is 9.15 Å². The van der Waals surface area contributed by atoms with Crippen LogP contribution in [0.25, 0.3) is 22.6 Å². The predicted molar refractivity (Wildman–Crippen MR) is 105 cm³/mol. The molecule has 5 heteroatoms. The maximum Gasteiger partial charge on any atom is 0.265 e. The van der Waals surface area contributed by atoms with E-state index in [0.29, 0.717) is 17.3 Å². The number of carbonyl (C=O) groups excluding carboxylic acids is 1. The van der Waals surface area contributed by atoms with Crippen LogP contribution in [0.1, 0.15) is 6.92 Å². The van der Waals surface area contributed by atoms with Crippen molar-refractivity contribution < 1.29 is 13.9 Å². The van der Waals surface area contributed by atoms with E-state index in [0.717, 1.165) is 16.7 Å². The second kappa shape index (κ2) is 7.33. The standard InChI is InChI=1S/C22H18N2O3/c1-15(26-18-10-3-2-4-11-18)21(25)23-17-9-7-8-16(14-17)22-24-19-12-5-6-13-20(19)27-22/h2-15H,1H3,(H,23,25). The summed E-state index contributed by atoms with van der Waals surface area (Å²) < 4.78 is 11.5. The van der Waals surface area contributed by atoms with E-state index >= 15 is 0 Å². The fourth-order valence-corrected chi connectivity index (χ4v) is 2.73. The number of ether oxygens (including phenoxy) is 1. The summed E-state index contributed by atoms with van der Waals surface area (Å²) >= 11 is 0. The van der Waals surface area contributed by atoms with E-state index in [2.05, 4.69) is 10.3 Å². The lowest BCUT2D eigenvalue weighted by molar-refractivity contribution is -0.122. The molecule has 1 atom stereocenters. The first-order valence-electron chi connectivity index (χ1n) is 8.67. The summed E-state index contributed by atoms with van der Waals surface area (Å²) in [4.78, 5) is 16.9. The molecule has 1 N–H and O–H groups in total. The van der Waals surface area contributed by atoms with Crippen molar-refractivity contribution in [1.82, 2.24) is 4.98 Å². The summed E-state index contributed by atoms with van der Waals surface area (Å²) in [5, 5.41) is 2.87. The summed E-state index contributed by atoms with van der Waals surface area (Å²) in [6.45, 7) is 1.72. The van der Waals surface area contributed by atoms with Crippen LogP contribution in [0.15, 0.2) is 83.3 Å². The van der Waals surface area contributed by atoms with Crippen molar-refractivity contribution in [2.45, 2.75) is 13.0 Å². The number of anilines is 1. The Labute approximate surface area is 156 Å². The third kappa shape index (κ3) is 3.82. The Bertz CT molecular complexity index is 1040. The molecule has 0 aliphatic rings. The van der Waals surface area contributed by atoms with E-state index in [-0.39, 0.29) is 5.91 Å². The maximum atomic E-state index is 12.4. The Balaban J connectivity index is 1.49. The highest BCUT2D eigenvalue weighted by Gasteiger charge is 2.15. The van der Waals surface area contributed by atoms with E-state index in [1.165, 1.54) is 0 Å². The Morgan fingerprint density at radius 2 is 1.78 bits per heavy atom. The highest BCUT2D eigenvalue weighted by molar-refractivity contribution is 5.94. The zero-order valence-electron chi connectivity index (χ0n) is 14.8. The number of amides is 1. The lowest BCUT2D eigenvalue weighted by Gasteiger charge is -2.14. The SMILES string of the molecule is CC(Oc1ccccc1)C(=O)Nc1cccc(-c2nc3ccccc3o2)c1. The highest BCUT2D eigenvalue weighted by Crippen LogP contribution is 2.26. The smallest absolute Gasteiger partial charge is 0.265 e. The van der Waals surface area contributed by atoms with Gasteiger partial charge in [-0.3, -0.25) is 4.79 Å². The minimum absolute atomic E-state index is 0.228. The fraction of sp³-hybridized carbons (Fsp3) is 0.0909. The molecule has 3 aromatic carbocycles. The van der Waals surface area contributed by atoms with Gasteiger partial charge in [0.2, 0.25) is 5.89 Å². The first kappa shape index (κ1) is 16.8. The van der Waals surface area contributed by atoms with Gasteiger partial charge in [0.25, 0.3) is 5.91 Å². The molecule has 0 fully saturated rings. The lowest BCUT2D eigenvalue weighted by atomic mass is 10.2. The predicted octanol–water partition coefficient (Wildman–Crippen LogP) is 4.90. The number of carbonyl (C=O) groups is 1. The number of oxazole rings is 1. The van der Waals surface area contributed by atoms with Gasteiger partial charge in [-0.25, -0.2) is 4.98 Å². The van der Waals surface area contributed by atoms with Crippen LogP contribution < -0.4 is 10.1 Å². The van der Waals surface area contributed by atoms with Crippen molar-refractivity contribution in [3.63, 3.8) is 0 Å². The Morgan fingerprint density at radius 3 is 2.59 bits per heavy atom. The van der Waals surface area contributed by atoms with Crippen LogP contribution in [0.2, 0.25) is 0 Å². The van der Waals surface area contributed by atoms with Gasteiger partial charge in [0, 0.05) is 11.3 Å². The van der Waals surface area contributed by atoms with E-state index < -0.39 is 6.10 Å². The molecule has 0 saturated heterocycles. The van der Waals surface area contributed by atoms with Gasteiger partial charge in [0.15, 0.2) is 11.7 Å².